The van der Waals surface area contributed by atoms with Crippen molar-refractivity contribution in [1.82, 2.24) is 10.2 Å². The van der Waals surface area contributed by atoms with Gasteiger partial charge in [-0.15, -0.1) is 0 Å². The Bertz CT molecular complexity index is 730. The van der Waals surface area contributed by atoms with E-state index in [1.807, 2.05) is 0 Å². The molecule has 114 valence electrons. The number of halogens is 1. The van der Waals surface area contributed by atoms with Crippen LogP contribution in [-0.4, -0.2) is 39.7 Å². The van der Waals surface area contributed by atoms with E-state index in [4.69, 9.17) is 5.11 Å². The molecule has 0 aromatic heterocycles. The normalized spacial score (nSPS) is 20.9. The molecule has 0 aliphatic carbocycles. The lowest BCUT2D eigenvalue weighted by Gasteiger charge is -2.29. The van der Waals surface area contributed by atoms with Crippen LogP contribution in [0.15, 0.2) is 12.1 Å². The highest BCUT2D eigenvalue weighted by Crippen LogP contribution is 2.30. The number of carboxylic acid groups (broad SMARTS) is 1. The highest BCUT2D eigenvalue weighted by atomic mass is 19.1. The predicted octanol–water partition coefficient (Wildman–Crippen LogP) is 0.285. The lowest BCUT2D eigenvalue weighted by Crippen LogP contribution is -2.52. The zero-order chi connectivity index (χ0) is 16.0. The fourth-order valence-corrected chi connectivity index (χ4v) is 2.82. The average Bonchev–Trinajstić information content (AvgIpc) is 2.75. The number of carbonyl (C=O) groups is 4. The van der Waals surface area contributed by atoms with Crippen molar-refractivity contribution in [2.75, 3.05) is 0 Å². The molecule has 1 aromatic carbocycles. The van der Waals surface area contributed by atoms with Crippen molar-refractivity contribution in [2.24, 2.45) is 0 Å². The fourth-order valence-electron chi connectivity index (χ4n) is 2.82. The molecule has 1 saturated heterocycles. The Hall–Kier alpha value is -2.77. The standard InChI is InChI=1S/C14H11FN2O5/c15-6-3-7-9(8(4-6)14(21)22)5-17(13(7)20)10-1-2-11(18)16-12(10)19/h3-4,10H,1-2,5H2,(H,21,22)(H,16,18,19). The van der Waals surface area contributed by atoms with Gasteiger partial charge in [0.2, 0.25) is 11.8 Å². The highest BCUT2D eigenvalue weighted by molar-refractivity contribution is 6.07. The first kappa shape index (κ1) is 14.2. The summed E-state index contributed by atoms with van der Waals surface area (Å²) in [6, 6.07) is 0.959. The third-order valence-corrected chi connectivity index (χ3v) is 3.85. The summed E-state index contributed by atoms with van der Waals surface area (Å²) in [7, 11) is 0. The molecule has 1 fully saturated rings. The molecule has 2 N–H and O–H groups in total. The maximum atomic E-state index is 13.5. The molecule has 2 heterocycles. The van der Waals surface area contributed by atoms with Crippen LogP contribution in [0.5, 0.6) is 0 Å². The average molecular weight is 306 g/mol. The minimum absolute atomic E-state index is 0.0536. The lowest BCUT2D eigenvalue weighted by atomic mass is 10.0. The third-order valence-electron chi connectivity index (χ3n) is 3.85. The SMILES string of the molecule is O=C1CCC(N2Cc3c(C(=O)O)cc(F)cc3C2=O)C(=O)N1. The molecule has 0 spiro atoms. The molecule has 7 nitrogen and oxygen atoms in total. The van der Waals surface area contributed by atoms with E-state index in [2.05, 4.69) is 5.32 Å². The van der Waals surface area contributed by atoms with Crippen LogP contribution in [0.4, 0.5) is 4.39 Å². The zero-order valence-corrected chi connectivity index (χ0v) is 11.3. The second kappa shape index (κ2) is 4.90. The molecule has 1 aromatic rings. The van der Waals surface area contributed by atoms with Crippen LogP contribution < -0.4 is 5.32 Å². The Morgan fingerprint density at radius 2 is 2.05 bits per heavy atom. The number of hydrogen-bond acceptors (Lipinski definition) is 4. The molecule has 3 amide bonds. The van der Waals surface area contributed by atoms with Crippen molar-refractivity contribution >= 4 is 23.7 Å². The van der Waals surface area contributed by atoms with Crippen molar-refractivity contribution in [2.45, 2.75) is 25.4 Å². The van der Waals surface area contributed by atoms with Crippen LogP contribution in [-0.2, 0) is 16.1 Å². The molecule has 22 heavy (non-hydrogen) atoms. The molecule has 1 atom stereocenters. The first-order valence-corrected chi connectivity index (χ1v) is 6.59. The number of imide groups is 1. The summed E-state index contributed by atoms with van der Waals surface area (Å²) in [6.07, 6.45) is 0.256. The molecule has 0 radical (unpaired) electrons. The molecule has 0 bridgehead atoms. The van der Waals surface area contributed by atoms with Crippen LogP contribution in [0.2, 0.25) is 0 Å². The van der Waals surface area contributed by atoms with E-state index < -0.39 is 35.5 Å². The number of hydrogen-bond donors (Lipinski definition) is 2. The topological polar surface area (TPSA) is 104 Å². The maximum absolute atomic E-state index is 13.5. The van der Waals surface area contributed by atoms with E-state index in [0.29, 0.717) is 0 Å². The number of fused-ring (bicyclic) bond motifs is 1. The van der Waals surface area contributed by atoms with E-state index in [-0.39, 0.29) is 36.1 Å². The lowest BCUT2D eigenvalue weighted by molar-refractivity contribution is -0.136. The van der Waals surface area contributed by atoms with E-state index in [9.17, 15) is 23.6 Å². The summed E-state index contributed by atoms with van der Waals surface area (Å²) in [5.74, 6) is -3.78. The Morgan fingerprint density at radius 3 is 2.68 bits per heavy atom. The van der Waals surface area contributed by atoms with Gasteiger partial charge < -0.3 is 10.0 Å². The second-order valence-corrected chi connectivity index (χ2v) is 5.18. The van der Waals surface area contributed by atoms with Gasteiger partial charge >= 0.3 is 5.97 Å². The van der Waals surface area contributed by atoms with Gasteiger partial charge in [-0.2, -0.15) is 0 Å². The Labute approximate surface area is 123 Å². The van der Waals surface area contributed by atoms with Crippen molar-refractivity contribution < 1.29 is 28.7 Å². The van der Waals surface area contributed by atoms with Crippen molar-refractivity contribution in [3.8, 4) is 0 Å². The largest absolute Gasteiger partial charge is 0.478 e. The number of nitrogens with zero attached hydrogens (tertiary/aromatic N) is 1. The zero-order valence-electron chi connectivity index (χ0n) is 11.3. The Morgan fingerprint density at radius 1 is 1.32 bits per heavy atom. The van der Waals surface area contributed by atoms with Gasteiger partial charge in [0, 0.05) is 18.5 Å². The molecular weight excluding hydrogens is 295 g/mol. The molecule has 2 aliphatic rings. The van der Waals surface area contributed by atoms with Crippen molar-refractivity contribution in [3.63, 3.8) is 0 Å². The number of piperidine rings is 1. The number of amides is 3. The minimum atomic E-state index is -1.34. The quantitative estimate of drug-likeness (QED) is 0.764. The van der Waals surface area contributed by atoms with Gasteiger partial charge in [-0.05, 0) is 24.1 Å². The summed E-state index contributed by atoms with van der Waals surface area (Å²) < 4.78 is 13.5. The maximum Gasteiger partial charge on any atom is 0.336 e. The predicted molar refractivity (Wildman–Crippen MR) is 69.4 cm³/mol. The number of rotatable bonds is 2. The van der Waals surface area contributed by atoms with Gasteiger partial charge in [0.15, 0.2) is 0 Å². The van der Waals surface area contributed by atoms with E-state index >= 15 is 0 Å². The number of aromatic carboxylic acids is 1. The van der Waals surface area contributed by atoms with Crippen molar-refractivity contribution in [3.05, 3.63) is 34.6 Å². The summed E-state index contributed by atoms with van der Waals surface area (Å²) in [5.41, 5.74) is -0.163. The smallest absolute Gasteiger partial charge is 0.336 e. The van der Waals surface area contributed by atoms with Gasteiger partial charge in [0.1, 0.15) is 11.9 Å². The summed E-state index contributed by atoms with van der Waals surface area (Å²) in [4.78, 5) is 47.7. The minimum Gasteiger partial charge on any atom is -0.478 e. The molecule has 1 unspecified atom stereocenters. The molecule has 0 saturated carbocycles. The molecular formula is C14H11FN2O5. The summed E-state index contributed by atoms with van der Waals surface area (Å²) >= 11 is 0. The van der Waals surface area contributed by atoms with Crippen LogP contribution in [0.3, 0.4) is 0 Å². The third kappa shape index (κ3) is 2.12. The second-order valence-electron chi connectivity index (χ2n) is 5.18. The van der Waals surface area contributed by atoms with Crippen LogP contribution >= 0.6 is 0 Å². The van der Waals surface area contributed by atoms with Gasteiger partial charge in [-0.25, -0.2) is 9.18 Å². The van der Waals surface area contributed by atoms with Crippen LogP contribution in [0.1, 0.15) is 39.1 Å². The summed E-state index contributed by atoms with van der Waals surface area (Å²) in [6.45, 7) is -0.0949. The number of benzene rings is 1. The van der Waals surface area contributed by atoms with Gasteiger partial charge in [0.25, 0.3) is 5.91 Å². The fraction of sp³-hybridized carbons (Fsp3) is 0.286. The van der Waals surface area contributed by atoms with Crippen LogP contribution in [0, 0.1) is 5.82 Å². The molecule has 8 heteroatoms. The van der Waals surface area contributed by atoms with E-state index in [1.165, 1.54) is 4.90 Å². The van der Waals surface area contributed by atoms with Gasteiger partial charge in [-0.3, -0.25) is 19.7 Å². The van der Waals surface area contributed by atoms with Gasteiger partial charge in [-0.1, -0.05) is 0 Å². The van der Waals surface area contributed by atoms with E-state index in [1.54, 1.807) is 0 Å². The van der Waals surface area contributed by atoms with Gasteiger partial charge in [0.05, 0.1) is 5.56 Å². The van der Waals surface area contributed by atoms with Crippen LogP contribution in [0.25, 0.3) is 0 Å². The first-order chi connectivity index (χ1) is 10.4. The van der Waals surface area contributed by atoms with Crippen molar-refractivity contribution in [1.29, 1.82) is 0 Å². The molecule has 3 rings (SSSR count). The summed E-state index contributed by atoms with van der Waals surface area (Å²) in [5, 5.41) is 11.3. The monoisotopic (exact) mass is 306 g/mol. The highest BCUT2D eigenvalue weighted by Gasteiger charge is 2.40. The van der Waals surface area contributed by atoms with E-state index in [0.717, 1.165) is 12.1 Å². The Kier molecular flexibility index (Phi) is 3.16. The molecule has 2 aliphatic heterocycles. The number of carbonyl (C=O) groups excluding carboxylic acids is 3. The number of nitrogens with one attached hydrogen (secondary N) is 1. The Balaban J connectivity index is 1.98. The number of carboxylic acids is 1. The first-order valence-electron chi connectivity index (χ1n) is 6.59.